The molecule has 2 saturated heterocycles. The van der Waals surface area contributed by atoms with E-state index in [1.807, 2.05) is 4.90 Å². The van der Waals surface area contributed by atoms with Crippen molar-refractivity contribution in [2.45, 2.75) is 83.7 Å². The molecule has 1 aromatic rings. The van der Waals surface area contributed by atoms with Gasteiger partial charge in [-0.15, -0.1) is 0 Å². The van der Waals surface area contributed by atoms with E-state index >= 15 is 0 Å². The molecule has 0 aliphatic carbocycles. The summed E-state index contributed by atoms with van der Waals surface area (Å²) < 4.78 is 6.16. The largest absolute Gasteiger partial charge is 0.370 e. The third-order valence-corrected chi connectivity index (χ3v) is 5.19. The third-order valence-electron chi connectivity index (χ3n) is 5.19. The molecule has 3 rings (SSSR count). The van der Waals surface area contributed by atoms with Gasteiger partial charge < -0.3 is 15.0 Å². The summed E-state index contributed by atoms with van der Waals surface area (Å²) in [6.45, 7) is 11.2. The van der Waals surface area contributed by atoms with Crippen LogP contribution in [0.3, 0.4) is 0 Å². The fraction of sp³-hybridized carbons (Fsp3) is 0.667. The van der Waals surface area contributed by atoms with E-state index in [2.05, 4.69) is 57.3 Å². The lowest BCUT2D eigenvalue weighted by molar-refractivity contribution is -0.164. The minimum absolute atomic E-state index is 0.0778. The second kappa shape index (κ2) is 7.08. The average Bonchev–Trinajstić information content (AvgIpc) is 2.89. The molecule has 2 heterocycles. The van der Waals surface area contributed by atoms with E-state index in [1.165, 1.54) is 11.1 Å². The fourth-order valence-electron chi connectivity index (χ4n) is 4.35. The Bertz CT molecular complexity index is 591. The molecule has 1 aromatic carbocycles. The van der Waals surface area contributed by atoms with Gasteiger partial charge in [0.25, 0.3) is 0 Å². The number of rotatable bonds is 5. The van der Waals surface area contributed by atoms with Crippen LogP contribution in [-0.2, 0) is 22.6 Å². The lowest BCUT2D eigenvalue weighted by Gasteiger charge is -2.45. The van der Waals surface area contributed by atoms with Gasteiger partial charge in [-0.05, 0) is 58.1 Å². The summed E-state index contributed by atoms with van der Waals surface area (Å²) >= 11 is 0. The number of carbonyl (C=O) groups is 1. The Morgan fingerprint density at radius 1 is 1.08 bits per heavy atom. The zero-order chi connectivity index (χ0) is 18.1. The minimum Gasteiger partial charge on any atom is -0.370 e. The second-order valence-electron chi connectivity index (χ2n) is 8.84. The lowest BCUT2D eigenvalue weighted by Crippen LogP contribution is -2.51. The summed E-state index contributed by atoms with van der Waals surface area (Å²) in [4.78, 5) is 13.7. The summed E-state index contributed by atoms with van der Waals surface area (Å²) in [5.41, 5.74) is 2.35. The van der Waals surface area contributed by atoms with Gasteiger partial charge in [0.05, 0.1) is 11.2 Å². The van der Waals surface area contributed by atoms with Crippen molar-refractivity contribution < 1.29 is 9.53 Å². The van der Waals surface area contributed by atoms with Gasteiger partial charge in [-0.1, -0.05) is 24.3 Å². The number of carbonyl (C=O) groups excluding carboxylic acids is 1. The van der Waals surface area contributed by atoms with Gasteiger partial charge in [-0.25, -0.2) is 0 Å². The molecule has 1 amide bonds. The maximum Gasteiger partial charge on any atom is 0.222 e. The van der Waals surface area contributed by atoms with E-state index in [4.69, 9.17) is 4.74 Å². The Morgan fingerprint density at radius 2 is 1.68 bits per heavy atom. The molecule has 0 bridgehead atoms. The first-order valence-corrected chi connectivity index (χ1v) is 9.52. The molecule has 25 heavy (non-hydrogen) atoms. The number of nitrogens with one attached hydrogen (secondary N) is 1. The molecule has 0 radical (unpaired) electrons. The van der Waals surface area contributed by atoms with Gasteiger partial charge >= 0.3 is 0 Å². The zero-order valence-corrected chi connectivity index (χ0v) is 16.1. The number of hydrogen-bond donors (Lipinski definition) is 1. The van der Waals surface area contributed by atoms with Gasteiger partial charge in [0.1, 0.15) is 0 Å². The van der Waals surface area contributed by atoms with E-state index in [-0.39, 0.29) is 17.1 Å². The summed E-state index contributed by atoms with van der Waals surface area (Å²) in [6.07, 6.45) is 3.77. The highest BCUT2D eigenvalue weighted by Gasteiger charge is 2.38. The monoisotopic (exact) mass is 344 g/mol. The lowest BCUT2D eigenvalue weighted by atomic mass is 9.85. The minimum atomic E-state index is -0.0778. The van der Waals surface area contributed by atoms with E-state index in [9.17, 15) is 4.79 Å². The second-order valence-corrected chi connectivity index (χ2v) is 8.84. The fourth-order valence-corrected chi connectivity index (χ4v) is 4.35. The Morgan fingerprint density at radius 3 is 2.24 bits per heavy atom. The van der Waals surface area contributed by atoms with Gasteiger partial charge in [0.15, 0.2) is 0 Å². The first-order chi connectivity index (χ1) is 11.7. The van der Waals surface area contributed by atoms with E-state index in [1.54, 1.807) is 0 Å². The number of benzene rings is 1. The molecule has 138 valence electrons. The molecular weight excluding hydrogens is 312 g/mol. The molecule has 4 heteroatoms. The normalized spacial score (nSPS) is 23.2. The third kappa shape index (κ3) is 5.05. The Labute approximate surface area is 151 Å². The highest BCUT2D eigenvalue weighted by molar-refractivity contribution is 5.78. The molecule has 0 aromatic heterocycles. The molecule has 4 nitrogen and oxygen atoms in total. The standard InChI is InChI=1S/C21H32N2O2/c1-20(2)12-18(13-21(3,4)25-20)22-14-16-7-9-17(10-8-16)15-23-11-5-6-19(23)24/h7-10,18,22H,5-6,11-15H2,1-4H3. The van der Waals surface area contributed by atoms with Crippen LogP contribution in [0.25, 0.3) is 0 Å². The Hall–Kier alpha value is -1.39. The quantitative estimate of drug-likeness (QED) is 0.887. The van der Waals surface area contributed by atoms with Crippen LogP contribution in [-0.4, -0.2) is 34.6 Å². The van der Waals surface area contributed by atoms with Crippen molar-refractivity contribution in [2.24, 2.45) is 0 Å². The smallest absolute Gasteiger partial charge is 0.222 e. The van der Waals surface area contributed by atoms with E-state index in [0.29, 0.717) is 12.5 Å². The van der Waals surface area contributed by atoms with Gasteiger partial charge in [0, 0.05) is 32.1 Å². The van der Waals surface area contributed by atoms with Crippen LogP contribution in [0.15, 0.2) is 24.3 Å². The van der Waals surface area contributed by atoms with Crippen LogP contribution in [0.4, 0.5) is 0 Å². The average molecular weight is 344 g/mol. The van der Waals surface area contributed by atoms with Crippen molar-refractivity contribution in [3.63, 3.8) is 0 Å². The van der Waals surface area contributed by atoms with Crippen LogP contribution >= 0.6 is 0 Å². The first-order valence-electron chi connectivity index (χ1n) is 9.52. The molecular formula is C21H32N2O2. The van der Waals surface area contributed by atoms with Crippen molar-refractivity contribution in [3.05, 3.63) is 35.4 Å². The molecule has 1 N–H and O–H groups in total. The van der Waals surface area contributed by atoms with Crippen LogP contribution in [0.1, 0.15) is 64.5 Å². The van der Waals surface area contributed by atoms with Gasteiger partial charge in [-0.3, -0.25) is 4.79 Å². The maximum atomic E-state index is 11.7. The summed E-state index contributed by atoms with van der Waals surface area (Å²) in [6, 6.07) is 9.14. The van der Waals surface area contributed by atoms with Crippen LogP contribution in [0.5, 0.6) is 0 Å². The first kappa shape index (κ1) is 18.4. The summed E-state index contributed by atoms with van der Waals surface area (Å²) in [7, 11) is 0. The van der Waals surface area contributed by atoms with Crippen LogP contribution in [0.2, 0.25) is 0 Å². The SMILES string of the molecule is CC1(C)CC(NCc2ccc(CN3CCCC3=O)cc2)CC(C)(C)O1. The summed E-state index contributed by atoms with van der Waals surface area (Å²) in [5, 5.41) is 3.70. The van der Waals surface area contributed by atoms with Crippen molar-refractivity contribution in [2.75, 3.05) is 6.54 Å². The molecule has 2 aliphatic heterocycles. The van der Waals surface area contributed by atoms with Crippen LogP contribution < -0.4 is 5.32 Å². The predicted molar refractivity (Wildman–Crippen MR) is 100 cm³/mol. The Kier molecular flexibility index (Phi) is 5.21. The van der Waals surface area contributed by atoms with E-state index in [0.717, 1.165) is 38.9 Å². The van der Waals surface area contributed by atoms with Crippen LogP contribution in [0, 0.1) is 0 Å². The highest BCUT2D eigenvalue weighted by atomic mass is 16.5. The Balaban J connectivity index is 1.52. The van der Waals surface area contributed by atoms with Crippen molar-refractivity contribution >= 4 is 5.91 Å². The zero-order valence-electron chi connectivity index (χ0n) is 16.1. The number of ether oxygens (including phenoxy) is 1. The number of hydrogen-bond acceptors (Lipinski definition) is 3. The van der Waals surface area contributed by atoms with E-state index < -0.39 is 0 Å². The topological polar surface area (TPSA) is 41.6 Å². The summed E-state index contributed by atoms with van der Waals surface area (Å²) in [5.74, 6) is 0.287. The van der Waals surface area contributed by atoms with Crippen molar-refractivity contribution in [1.82, 2.24) is 10.2 Å². The van der Waals surface area contributed by atoms with Gasteiger partial charge in [-0.2, -0.15) is 0 Å². The number of amides is 1. The maximum absolute atomic E-state index is 11.7. The molecule has 2 aliphatic rings. The molecule has 0 atom stereocenters. The number of likely N-dealkylation sites (tertiary alicyclic amines) is 1. The van der Waals surface area contributed by atoms with Crippen molar-refractivity contribution in [1.29, 1.82) is 0 Å². The molecule has 0 saturated carbocycles. The molecule has 0 spiro atoms. The molecule has 2 fully saturated rings. The van der Waals surface area contributed by atoms with Gasteiger partial charge in [0.2, 0.25) is 5.91 Å². The highest BCUT2D eigenvalue weighted by Crippen LogP contribution is 2.34. The number of nitrogens with zero attached hydrogens (tertiary/aromatic N) is 1. The predicted octanol–water partition coefficient (Wildman–Crippen LogP) is 3.63. The molecule has 0 unspecified atom stereocenters. The van der Waals surface area contributed by atoms with Crippen molar-refractivity contribution in [3.8, 4) is 0 Å².